The van der Waals surface area contributed by atoms with Crippen molar-refractivity contribution in [2.24, 2.45) is 0 Å². The Kier molecular flexibility index (Phi) is 7.52. The van der Waals surface area contributed by atoms with Gasteiger partial charge in [0.2, 0.25) is 0 Å². The van der Waals surface area contributed by atoms with E-state index in [2.05, 4.69) is 25.7 Å². The third-order valence-corrected chi connectivity index (χ3v) is 1.53. The predicted molar refractivity (Wildman–Crippen MR) is 48.8 cm³/mol. The lowest BCUT2D eigenvalue weighted by atomic mass is 10.3. The zero-order valence-electron chi connectivity index (χ0n) is 7.60. The van der Waals surface area contributed by atoms with Gasteiger partial charge in [0.15, 0.2) is 0 Å². The molecule has 0 heterocycles. The topological polar surface area (TPSA) is 21.3 Å². The van der Waals surface area contributed by atoms with Crippen molar-refractivity contribution in [1.29, 1.82) is 0 Å². The van der Waals surface area contributed by atoms with Crippen molar-refractivity contribution in [2.75, 3.05) is 19.7 Å². The number of rotatable bonds is 7. The minimum absolute atomic E-state index is 0.341. The largest absolute Gasteiger partial charge is 0.373 e. The summed E-state index contributed by atoms with van der Waals surface area (Å²) in [7, 11) is 0. The van der Waals surface area contributed by atoms with Gasteiger partial charge in [-0.2, -0.15) is 0 Å². The molecule has 1 atom stereocenters. The molecule has 0 aromatic heterocycles. The Morgan fingerprint density at radius 1 is 1.55 bits per heavy atom. The molecule has 0 aliphatic heterocycles. The van der Waals surface area contributed by atoms with Crippen molar-refractivity contribution in [2.45, 2.75) is 26.4 Å². The molecule has 2 nitrogen and oxygen atoms in total. The van der Waals surface area contributed by atoms with Crippen LogP contribution in [0.3, 0.4) is 0 Å². The van der Waals surface area contributed by atoms with Crippen LogP contribution in [-0.4, -0.2) is 25.8 Å². The van der Waals surface area contributed by atoms with Crippen LogP contribution in [0.2, 0.25) is 0 Å². The predicted octanol–water partition coefficient (Wildman–Crippen LogP) is 1.58. The standard InChI is InChI=1S/C9H19NO/c1-4-7-11-9(5-2)8-10-6-3/h4,9-10H,1,5-8H2,2-3H3. The molecular weight excluding hydrogens is 138 g/mol. The fourth-order valence-corrected chi connectivity index (χ4v) is 0.831. The Bertz CT molecular complexity index is 93.6. The highest BCUT2D eigenvalue weighted by molar-refractivity contribution is 4.67. The zero-order valence-corrected chi connectivity index (χ0v) is 7.60. The number of nitrogens with one attached hydrogen (secondary N) is 1. The van der Waals surface area contributed by atoms with Crippen LogP contribution >= 0.6 is 0 Å². The molecule has 0 saturated heterocycles. The lowest BCUT2D eigenvalue weighted by molar-refractivity contribution is 0.0718. The van der Waals surface area contributed by atoms with Crippen LogP contribution in [0.15, 0.2) is 12.7 Å². The molecule has 0 rings (SSSR count). The Balaban J connectivity index is 3.32. The highest BCUT2D eigenvalue weighted by atomic mass is 16.5. The Morgan fingerprint density at radius 3 is 2.73 bits per heavy atom. The maximum atomic E-state index is 5.46. The lowest BCUT2D eigenvalue weighted by Gasteiger charge is -2.14. The van der Waals surface area contributed by atoms with Crippen LogP contribution in [0.1, 0.15) is 20.3 Å². The summed E-state index contributed by atoms with van der Waals surface area (Å²) in [6, 6.07) is 0. The van der Waals surface area contributed by atoms with Gasteiger partial charge in [0, 0.05) is 6.54 Å². The Morgan fingerprint density at radius 2 is 2.27 bits per heavy atom. The van der Waals surface area contributed by atoms with Crippen LogP contribution in [0.4, 0.5) is 0 Å². The Hall–Kier alpha value is -0.340. The Labute approximate surface area is 69.6 Å². The molecule has 0 radical (unpaired) electrons. The molecule has 0 spiro atoms. The second-order valence-corrected chi connectivity index (χ2v) is 2.46. The molecule has 0 aliphatic rings. The maximum absolute atomic E-state index is 5.46. The summed E-state index contributed by atoms with van der Waals surface area (Å²) < 4.78 is 5.46. The van der Waals surface area contributed by atoms with Gasteiger partial charge in [-0.05, 0) is 13.0 Å². The van der Waals surface area contributed by atoms with Crippen LogP contribution in [-0.2, 0) is 4.74 Å². The molecular formula is C9H19NO. The fourth-order valence-electron chi connectivity index (χ4n) is 0.831. The van der Waals surface area contributed by atoms with Crippen LogP contribution in [0.5, 0.6) is 0 Å². The molecule has 0 aromatic rings. The molecule has 0 aromatic carbocycles. The number of hydrogen-bond acceptors (Lipinski definition) is 2. The normalized spacial score (nSPS) is 12.9. The van der Waals surface area contributed by atoms with Crippen LogP contribution < -0.4 is 5.32 Å². The van der Waals surface area contributed by atoms with E-state index in [1.54, 1.807) is 6.08 Å². The molecule has 0 aliphatic carbocycles. The van der Waals surface area contributed by atoms with Crippen molar-refractivity contribution in [3.8, 4) is 0 Å². The molecule has 66 valence electrons. The van der Waals surface area contributed by atoms with E-state index < -0.39 is 0 Å². The molecule has 1 N–H and O–H groups in total. The molecule has 0 amide bonds. The summed E-state index contributed by atoms with van der Waals surface area (Å²) in [5.74, 6) is 0. The van der Waals surface area contributed by atoms with E-state index in [0.29, 0.717) is 12.7 Å². The number of ether oxygens (including phenoxy) is 1. The smallest absolute Gasteiger partial charge is 0.0701 e. The molecule has 1 unspecified atom stereocenters. The second-order valence-electron chi connectivity index (χ2n) is 2.46. The van der Waals surface area contributed by atoms with Gasteiger partial charge in [-0.1, -0.05) is 19.9 Å². The minimum Gasteiger partial charge on any atom is -0.373 e. The summed E-state index contributed by atoms with van der Waals surface area (Å²) in [6.07, 6.45) is 3.18. The van der Waals surface area contributed by atoms with E-state index in [0.717, 1.165) is 19.5 Å². The number of hydrogen-bond donors (Lipinski definition) is 1. The van der Waals surface area contributed by atoms with E-state index in [9.17, 15) is 0 Å². The summed E-state index contributed by atoms with van der Waals surface area (Å²) in [4.78, 5) is 0. The van der Waals surface area contributed by atoms with E-state index in [1.165, 1.54) is 0 Å². The molecule has 0 fully saturated rings. The van der Waals surface area contributed by atoms with Gasteiger partial charge in [0.05, 0.1) is 12.7 Å². The summed E-state index contributed by atoms with van der Waals surface area (Å²) in [5.41, 5.74) is 0. The van der Waals surface area contributed by atoms with Crippen LogP contribution in [0.25, 0.3) is 0 Å². The van der Waals surface area contributed by atoms with Gasteiger partial charge >= 0.3 is 0 Å². The quantitative estimate of drug-likeness (QED) is 0.566. The first kappa shape index (κ1) is 10.7. The van der Waals surface area contributed by atoms with Gasteiger partial charge in [0.25, 0.3) is 0 Å². The van der Waals surface area contributed by atoms with Crippen molar-refractivity contribution in [1.82, 2.24) is 5.32 Å². The average molecular weight is 157 g/mol. The van der Waals surface area contributed by atoms with E-state index in [1.807, 2.05) is 0 Å². The second kappa shape index (κ2) is 7.76. The molecule has 0 saturated carbocycles. The van der Waals surface area contributed by atoms with Crippen molar-refractivity contribution < 1.29 is 4.74 Å². The van der Waals surface area contributed by atoms with Gasteiger partial charge in [0.1, 0.15) is 0 Å². The van der Waals surface area contributed by atoms with Gasteiger partial charge in [-0.25, -0.2) is 0 Å². The van der Waals surface area contributed by atoms with E-state index >= 15 is 0 Å². The van der Waals surface area contributed by atoms with E-state index in [4.69, 9.17) is 4.74 Å². The lowest BCUT2D eigenvalue weighted by Crippen LogP contribution is -2.28. The highest BCUT2D eigenvalue weighted by Crippen LogP contribution is 1.95. The first-order chi connectivity index (χ1) is 5.35. The first-order valence-electron chi connectivity index (χ1n) is 4.28. The van der Waals surface area contributed by atoms with Crippen molar-refractivity contribution >= 4 is 0 Å². The monoisotopic (exact) mass is 157 g/mol. The summed E-state index contributed by atoms with van der Waals surface area (Å²) in [5, 5.41) is 3.25. The molecule has 11 heavy (non-hydrogen) atoms. The third kappa shape index (κ3) is 6.07. The number of likely N-dealkylation sites (N-methyl/N-ethyl adjacent to an activating group) is 1. The van der Waals surface area contributed by atoms with Crippen molar-refractivity contribution in [3.63, 3.8) is 0 Å². The SMILES string of the molecule is C=CCOC(CC)CNCC. The van der Waals surface area contributed by atoms with Gasteiger partial charge < -0.3 is 10.1 Å². The maximum Gasteiger partial charge on any atom is 0.0701 e. The summed E-state index contributed by atoms with van der Waals surface area (Å²) >= 11 is 0. The third-order valence-electron chi connectivity index (χ3n) is 1.53. The van der Waals surface area contributed by atoms with E-state index in [-0.39, 0.29) is 0 Å². The summed E-state index contributed by atoms with van der Waals surface area (Å²) in [6.45, 7) is 10.4. The van der Waals surface area contributed by atoms with Crippen LogP contribution in [0, 0.1) is 0 Å². The fraction of sp³-hybridized carbons (Fsp3) is 0.778. The van der Waals surface area contributed by atoms with Gasteiger partial charge in [-0.15, -0.1) is 6.58 Å². The minimum atomic E-state index is 0.341. The first-order valence-corrected chi connectivity index (χ1v) is 4.28. The zero-order chi connectivity index (χ0) is 8.53. The highest BCUT2D eigenvalue weighted by Gasteiger charge is 2.02. The average Bonchev–Trinajstić information content (AvgIpc) is 2.05. The molecule has 0 bridgehead atoms. The molecule has 2 heteroatoms. The van der Waals surface area contributed by atoms with Crippen molar-refractivity contribution in [3.05, 3.63) is 12.7 Å². The van der Waals surface area contributed by atoms with Gasteiger partial charge in [-0.3, -0.25) is 0 Å².